The van der Waals surface area contributed by atoms with Crippen molar-refractivity contribution >= 4 is 23.1 Å². The minimum absolute atomic E-state index is 0.0396. The Bertz CT molecular complexity index is 1400. The van der Waals surface area contributed by atoms with Crippen LogP contribution in [-0.4, -0.2) is 30.0 Å². The van der Waals surface area contributed by atoms with Crippen molar-refractivity contribution in [1.29, 1.82) is 0 Å². The molecule has 1 N–H and O–H groups in total. The van der Waals surface area contributed by atoms with Crippen molar-refractivity contribution < 1.29 is 24.2 Å². The number of nitrogens with zero attached hydrogens (tertiary/aromatic N) is 1. The third-order valence-electron chi connectivity index (χ3n) is 6.50. The normalized spacial score (nSPS) is 16.8. The summed E-state index contributed by atoms with van der Waals surface area (Å²) in [4.78, 5) is 28.5. The van der Waals surface area contributed by atoms with Gasteiger partial charge in [-0.15, -0.1) is 0 Å². The van der Waals surface area contributed by atoms with Crippen LogP contribution in [0.3, 0.4) is 0 Å². The lowest BCUT2D eigenvalue weighted by molar-refractivity contribution is -0.132. The lowest BCUT2D eigenvalue weighted by Gasteiger charge is -2.26. The maximum absolute atomic E-state index is 13.5. The van der Waals surface area contributed by atoms with E-state index in [-0.39, 0.29) is 11.3 Å². The van der Waals surface area contributed by atoms with Gasteiger partial charge in [0.15, 0.2) is 0 Å². The molecule has 1 atom stereocenters. The van der Waals surface area contributed by atoms with Gasteiger partial charge in [-0.3, -0.25) is 14.5 Å². The van der Waals surface area contributed by atoms with Crippen LogP contribution in [0.5, 0.6) is 11.5 Å². The van der Waals surface area contributed by atoms with Crippen LogP contribution >= 0.6 is 0 Å². The highest BCUT2D eigenvalue weighted by Gasteiger charge is 2.47. The van der Waals surface area contributed by atoms with Crippen LogP contribution in [0.1, 0.15) is 56.0 Å². The second kappa shape index (κ2) is 11.8. The molecule has 204 valence electrons. The van der Waals surface area contributed by atoms with Crippen LogP contribution < -0.4 is 14.4 Å². The number of anilines is 1. The number of rotatable bonds is 9. The van der Waals surface area contributed by atoms with E-state index in [1.54, 1.807) is 24.3 Å². The molecule has 1 amide bonds. The van der Waals surface area contributed by atoms with Crippen LogP contribution in [0, 0.1) is 25.7 Å². The maximum atomic E-state index is 13.5. The van der Waals surface area contributed by atoms with Gasteiger partial charge in [-0.2, -0.15) is 0 Å². The molecule has 0 aromatic heterocycles. The predicted octanol–water partition coefficient (Wildman–Crippen LogP) is 7.00. The maximum Gasteiger partial charge on any atom is 0.300 e. The Kier molecular flexibility index (Phi) is 8.44. The summed E-state index contributed by atoms with van der Waals surface area (Å²) in [7, 11) is 0. The predicted molar refractivity (Wildman–Crippen MR) is 154 cm³/mol. The highest BCUT2D eigenvalue weighted by atomic mass is 16.5. The number of carbonyl (C=O) groups excluding carboxylic acids is 2. The molecule has 1 aliphatic heterocycles. The smallest absolute Gasteiger partial charge is 0.300 e. The number of Topliss-reactive ketones (excluding diaryl/α,β-unsaturated/α-hetero) is 1. The molecule has 3 aromatic rings. The number of hydrogen-bond donors (Lipinski definition) is 1. The Morgan fingerprint density at radius 1 is 0.872 bits per heavy atom. The minimum atomic E-state index is -0.827. The molecule has 1 saturated heterocycles. The molecule has 39 heavy (non-hydrogen) atoms. The van der Waals surface area contributed by atoms with E-state index >= 15 is 0 Å². The molecule has 1 fully saturated rings. The molecule has 6 nitrogen and oxygen atoms in total. The molecule has 1 heterocycles. The van der Waals surface area contributed by atoms with Crippen molar-refractivity contribution in [1.82, 2.24) is 0 Å². The Hall–Kier alpha value is -4.06. The Balaban J connectivity index is 1.84. The van der Waals surface area contributed by atoms with E-state index in [1.165, 1.54) is 4.90 Å². The van der Waals surface area contributed by atoms with Gasteiger partial charge < -0.3 is 14.6 Å². The van der Waals surface area contributed by atoms with Gasteiger partial charge in [0.2, 0.25) is 0 Å². The summed E-state index contributed by atoms with van der Waals surface area (Å²) < 4.78 is 11.8. The molecule has 0 spiro atoms. The molecule has 6 heteroatoms. The first-order chi connectivity index (χ1) is 18.6. The van der Waals surface area contributed by atoms with E-state index in [4.69, 9.17) is 9.47 Å². The average molecular weight is 528 g/mol. The lowest BCUT2D eigenvalue weighted by Crippen LogP contribution is -2.29. The van der Waals surface area contributed by atoms with Gasteiger partial charge in [0.1, 0.15) is 17.3 Å². The Morgan fingerprint density at radius 2 is 1.56 bits per heavy atom. The quantitative estimate of drug-likeness (QED) is 0.184. The molecule has 0 saturated carbocycles. The Labute approximate surface area is 230 Å². The van der Waals surface area contributed by atoms with E-state index in [9.17, 15) is 14.7 Å². The summed E-state index contributed by atoms with van der Waals surface area (Å²) in [5.41, 5.74) is 3.53. The zero-order valence-corrected chi connectivity index (χ0v) is 23.5. The van der Waals surface area contributed by atoms with Gasteiger partial charge in [-0.05, 0) is 84.8 Å². The highest BCUT2D eigenvalue weighted by molar-refractivity contribution is 6.51. The van der Waals surface area contributed by atoms with Crippen LogP contribution in [-0.2, 0) is 9.59 Å². The van der Waals surface area contributed by atoms with Crippen molar-refractivity contribution in [3.8, 4) is 11.5 Å². The zero-order valence-electron chi connectivity index (χ0n) is 23.5. The third-order valence-corrected chi connectivity index (χ3v) is 6.50. The van der Waals surface area contributed by atoms with Crippen molar-refractivity contribution in [3.05, 3.63) is 94.6 Å². The fourth-order valence-corrected chi connectivity index (χ4v) is 4.60. The van der Waals surface area contributed by atoms with Crippen molar-refractivity contribution in [2.24, 2.45) is 11.8 Å². The van der Waals surface area contributed by atoms with Gasteiger partial charge in [-0.1, -0.05) is 52.0 Å². The zero-order chi connectivity index (χ0) is 28.3. The molecule has 0 aliphatic carbocycles. The van der Waals surface area contributed by atoms with Gasteiger partial charge in [0, 0.05) is 11.3 Å². The summed E-state index contributed by atoms with van der Waals surface area (Å²) in [5, 5.41) is 11.5. The number of aliphatic hydroxyl groups is 1. The molecule has 1 unspecified atom stereocenters. The van der Waals surface area contributed by atoms with Gasteiger partial charge >= 0.3 is 0 Å². The summed E-state index contributed by atoms with van der Waals surface area (Å²) in [5.74, 6) is 0.420. The number of aliphatic hydroxyl groups excluding tert-OH is 1. The van der Waals surface area contributed by atoms with Crippen molar-refractivity contribution in [2.75, 3.05) is 18.1 Å². The summed E-state index contributed by atoms with van der Waals surface area (Å²) in [6, 6.07) is 19.3. The number of aryl methyl sites for hydroxylation is 2. The van der Waals surface area contributed by atoms with Crippen LogP contribution in [0.2, 0.25) is 0 Å². The standard InChI is InChI=1S/C33H37NO5/c1-20(2)18-38-27-12-8-10-24(17-27)30-29(32(36)33(37)34(30)26-11-7-9-22(5)15-26)31(35)25-13-14-28(23(6)16-25)39-19-21(3)4/h7-17,20-21,30,35H,18-19H2,1-6H3/b31-29+. The van der Waals surface area contributed by atoms with Crippen molar-refractivity contribution in [2.45, 2.75) is 47.6 Å². The number of hydrogen-bond acceptors (Lipinski definition) is 5. The first kappa shape index (κ1) is 28.0. The fourth-order valence-electron chi connectivity index (χ4n) is 4.60. The fraction of sp³-hybridized carbons (Fsp3) is 0.333. The number of amides is 1. The van der Waals surface area contributed by atoms with Gasteiger partial charge in [0.05, 0.1) is 24.8 Å². The van der Waals surface area contributed by atoms with E-state index in [0.717, 1.165) is 11.1 Å². The molecule has 0 radical (unpaired) electrons. The summed E-state index contributed by atoms with van der Waals surface area (Å²) in [6.45, 7) is 13.2. The summed E-state index contributed by atoms with van der Waals surface area (Å²) >= 11 is 0. The Morgan fingerprint density at radius 3 is 2.23 bits per heavy atom. The van der Waals surface area contributed by atoms with Gasteiger partial charge in [-0.25, -0.2) is 0 Å². The first-order valence-electron chi connectivity index (χ1n) is 13.4. The summed E-state index contributed by atoms with van der Waals surface area (Å²) in [6.07, 6.45) is 0. The van der Waals surface area contributed by atoms with E-state index in [2.05, 4.69) is 27.7 Å². The monoisotopic (exact) mass is 527 g/mol. The highest BCUT2D eigenvalue weighted by Crippen LogP contribution is 2.43. The number of carbonyl (C=O) groups is 2. The molecular weight excluding hydrogens is 490 g/mol. The number of ketones is 1. The number of ether oxygens (including phenoxy) is 2. The second-order valence-corrected chi connectivity index (χ2v) is 11.0. The van der Waals surface area contributed by atoms with Crippen LogP contribution in [0.15, 0.2) is 72.3 Å². The minimum Gasteiger partial charge on any atom is -0.507 e. The van der Waals surface area contributed by atoms with Crippen LogP contribution in [0.25, 0.3) is 5.76 Å². The molecule has 1 aliphatic rings. The van der Waals surface area contributed by atoms with E-state index in [0.29, 0.717) is 53.4 Å². The van der Waals surface area contributed by atoms with E-state index < -0.39 is 17.7 Å². The third kappa shape index (κ3) is 6.17. The van der Waals surface area contributed by atoms with Gasteiger partial charge in [0.25, 0.3) is 11.7 Å². The average Bonchev–Trinajstić information content (AvgIpc) is 3.16. The molecular formula is C33H37NO5. The topological polar surface area (TPSA) is 76.1 Å². The SMILES string of the molecule is Cc1cccc(N2C(=O)C(=O)/C(=C(/O)c3ccc(OCC(C)C)c(C)c3)C2c2cccc(OCC(C)C)c2)c1. The molecule has 3 aromatic carbocycles. The first-order valence-corrected chi connectivity index (χ1v) is 13.4. The molecule has 4 rings (SSSR count). The lowest BCUT2D eigenvalue weighted by atomic mass is 9.94. The number of benzene rings is 3. The largest absolute Gasteiger partial charge is 0.507 e. The molecule has 0 bridgehead atoms. The van der Waals surface area contributed by atoms with Crippen molar-refractivity contribution in [3.63, 3.8) is 0 Å². The van der Waals surface area contributed by atoms with E-state index in [1.807, 2.05) is 56.3 Å². The second-order valence-electron chi connectivity index (χ2n) is 11.0. The van der Waals surface area contributed by atoms with Crippen LogP contribution in [0.4, 0.5) is 5.69 Å².